The maximum atomic E-state index is 12.9. The Balaban J connectivity index is 2.71. The van der Waals surface area contributed by atoms with Gasteiger partial charge in [-0.1, -0.05) is 24.0 Å². The number of nitrogens with one attached hydrogen (secondary N) is 1. The van der Waals surface area contributed by atoms with E-state index in [2.05, 4.69) is 5.32 Å². The number of hydrogen-bond donors (Lipinski definition) is 1. The van der Waals surface area contributed by atoms with Gasteiger partial charge in [-0.2, -0.15) is 0 Å². The van der Waals surface area contributed by atoms with Gasteiger partial charge in [0.25, 0.3) is 5.69 Å². The summed E-state index contributed by atoms with van der Waals surface area (Å²) < 4.78 is 13.5. The molecule has 0 aliphatic carbocycles. The summed E-state index contributed by atoms with van der Waals surface area (Å²) in [4.78, 5) is 23.4. The second-order valence-electron chi connectivity index (χ2n) is 3.92. The molecule has 1 aromatic rings. The Morgan fingerprint density at radius 1 is 1.55 bits per heavy atom. The molecule has 0 heterocycles. The fraction of sp³-hybridized carbons (Fsp3) is 0.273. The normalized spacial score (nSPS) is 9.95. The lowest BCUT2D eigenvalue weighted by Gasteiger charge is -2.12. The van der Waals surface area contributed by atoms with E-state index in [0.717, 1.165) is 30.0 Å². The van der Waals surface area contributed by atoms with Crippen molar-refractivity contribution in [2.24, 2.45) is 0 Å². The third kappa shape index (κ3) is 4.74. The minimum Gasteiger partial charge on any atom is -0.364 e. The average Bonchev–Trinajstić information content (AvgIpc) is 2.37. The number of nitrogens with zero attached hydrogens (tertiary/aromatic N) is 2. The molecule has 0 saturated carbocycles. The van der Waals surface area contributed by atoms with Crippen molar-refractivity contribution in [2.45, 2.75) is 0 Å². The Morgan fingerprint density at radius 3 is 2.75 bits per heavy atom. The van der Waals surface area contributed by atoms with Crippen LogP contribution in [0.25, 0.3) is 0 Å². The molecule has 0 spiro atoms. The van der Waals surface area contributed by atoms with Gasteiger partial charge in [-0.3, -0.25) is 14.9 Å². The van der Waals surface area contributed by atoms with Crippen molar-refractivity contribution < 1.29 is 14.1 Å². The lowest BCUT2D eigenvalue weighted by atomic mass is 10.2. The Labute approximate surface area is 124 Å². The van der Waals surface area contributed by atoms with Crippen LogP contribution in [0.15, 0.2) is 18.2 Å². The van der Waals surface area contributed by atoms with Crippen LogP contribution in [0, 0.1) is 15.9 Å². The molecule has 20 heavy (non-hydrogen) atoms. The number of nitro groups is 1. The summed E-state index contributed by atoms with van der Waals surface area (Å²) >= 11 is 6.13. The highest BCUT2D eigenvalue weighted by atomic mass is 32.2. The zero-order valence-electron chi connectivity index (χ0n) is 10.8. The van der Waals surface area contributed by atoms with Crippen LogP contribution in [0.2, 0.25) is 0 Å². The summed E-state index contributed by atoms with van der Waals surface area (Å²) in [5.41, 5.74) is -0.531. The predicted molar refractivity (Wildman–Crippen MR) is 80.4 cm³/mol. The van der Waals surface area contributed by atoms with E-state index in [1.54, 1.807) is 19.0 Å². The molecule has 0 aromatic heterocycles. The first-order valence-corrected chi connectivity index (χ1v) is 6.78. The van der Waals surface area contributed by atoms with Gasteiger partial charge in [0.2, 0.25) is 5.91 Å². The number of thioether (sulfide) groups is 1. The van der Waals surface area contributed by atoms with Gasteiger partial charge in [0.1, 0.15) is 15.8 Å². The summed E-state index contributed by atoms with van der Waals surface area (Å²) in [5, 5.41) is 13.1. The van der Waals surface area contributed by atoms with Gasteiger partial charge in [0.05, 0.1) is 16.7 Å². The smallest absolute Gasteiger partial charge is 0.295 e. The molecule has 0 atom stereocenters. The minimum atomic E-state index is -0.754. The Bertz CT molecular complexity index is 552. The highest BCUT2D eigenvalue weighted by Crippen LogP contribution is 2.25. The molecule has 1 rings (SSSR count). The van der Waals surface area contributed by atoms with E-state index in [1.807, 2.05) is 0 Å². The number of amides is 1. The van der Waals surface area contributed by atoms with E-state index in [0.29, 0.717) is 4.32 Å². The Morgan fingerprint density at radius 2 is 2.20 bits per heavy atom. The molecular weight excluding hydrogens is 305 g/mol. The zero-order chi connectivity index (χ0) is 15.3. The van der Waals surface area contributed by atoms with Gasteiger partial charge in [-0.05, 0) is 12.1 Å². The molecule has 1 amide bonds. The maximum Gasteiger partial charge on any atom is 0.295 e. The number of thiocarbonyl (C=S) groups is 1. The summed E-state index contributed by atoms with van der Waals surface area (Å²) in [5.74, 6) is -1.17. The van der Waals surface area contributed by atoms with E-state index < -0.39 is 22.3 Å². The molecule has 9 heteroatoms. The Kier molecular flexibility index (Phi) is 5.83. The first kappa shape index (κ1) is 16.3. The molecular formula is C11H12FN3O3S2. The number of carbonyl (C=O) groups is 1. The van der Waals surface area contributed by atoms with E-state index in [1.165, 1.54) is 0 Å². The highest BCUT2D eigenvalue weighted by Gasteiger charge is 2.17. The van der Waals surface area contributed by atoms with Crippen molar-refractivity contribution in [3.05, 3.63) is 34.1 Å². The largest absolute Gasteiger partial charge is 0.364 e. The molecule has 1 aromatic carbocycles. The minimum absolute atomic E-state index is 0.0194. The molecule has 0 fully saturated rings. The molecule has 0 aliphatic rings. The van der Waals surface area contributed by atoms with Crippen LogP contribution in [-0.4, -0.2) is 39.9 Å². The summed E-state index contributed by atoms with van der Waals surface area (Å²) in [6.07, 6.45) is 0. The van der Waals surface area contributed by atoms with Crippen LogP contribution in [-0.2, 0) is 4.79 Å². The standard InChI is InChI=1S/C11H12FN3O3S2/c1-14(2)11(19)20-6-10(16)13-8-4-3-7(12)5-9(8)15(17)18/h3-5H,6H2,1-2H3,(H,13,16). The number of hydrogen-bond acceptors (Lipinski definition) is 5. The summed E-state index contributed by atoms with van der Waals surface area (Å²) in [6, 6.07) is 2.95. The molecule has 108 valence electrons. The summed E-state index contributed by atoms with van der Waals surface area (Å²) in [6.45, 7) is 0. The second-order valence-corrected chi connectivity index (χ2v) is 5.52. The van der Waals surface area contributed by atoms with Gasteiger partial charge < -0.3 is 10.2 Å². The molecule has 1 N–H and O–H groups in total. The SMILES string of the molecule is CN(C)C(=S)SCC(=O)Nc1ccc(F)cc1[N+](=O)[O-]. The van der Waals surface area contributed by atoms with E-state index >= 15 is 0 Å². The third-order valence-corrected chi connectivity index (χ3v) is 3.86. The molecule has 0 bridgehead atoms. The topological polar surface area (TPSA) is 75.5 Å². The van der Waals surface area contributed by atoms with Gasteiger partial charge in [-0.25, -0.2) is 4.39 Å². The molecule has 0 aliphatic heterocycles. The van der Waals surface area contributed by atoms with E-state index in [-0.39, 0.29) is 11.4 Å². The van der Waals surface area contributed by atoms with Crippen LogP contribution >= 0.6 is 24.0 Å². The molecule has 0 radical (unpaired) electrons. The summed E-state index contributed by atoms with van der Waals surface area (Å²) in [7, 11) is 3.50. The quantitative estimate of drug-likeness (QED) is 0.521. The monoisotopic (exact) mass is 317 g/mol. The Hall–Kier alpha value is -1.74. The fourth-order valence-electron chi connectivity index (χ4n) is 1.20. The van der Waals surface area contributed by atoms with Gasteiger partial charge in [-0.15, -0.1) is 0 Å². The number of rotatable bonds is 4. The lowest BCUT2D eigenvalue weighted by molar-refractivity contribution is -0.384. The van der Waals surface area contributed by atoms with Crippen LogP contribution in [0.1, 0.15) is 0 Å². The van der Waals surface area contributed by atoms with Crippen molar-refractivity contribution in [1.29, 1.82) is 0 Å². The van der Waals surface area contributed by atoms with Crippen LogP contribution < -0.4 is 5.32 Å². The fourth-order valence-corrected chi connectivity index (χ4v) is 1.97. The van der Waals surface area contributed by atoms with Gasteiger partial charge >= 0.3 is 0 Å². The van der Waals surface area contributed by atoms with E-state index in [4.69, 9.17) is 12.2 Å². The van der Waals surface area contributed by atoms with Crippen molar-refractivity contribution in [1.82, 2.24) is 4.90 Å². The third-order valence-electron chi connectivity index (χ3n) is 2.12. The molecule has 0 unspecified atom stereocenters. The maximum absolute atomic E-state index is 12.9. The number of nitro benzene ring substituents is 1. The second kappa shape index (κ2) is 7.15. The zero-order valence-corrected chi connectivity index (χ0v) is 12.4. The van der Waals surface area contributed by atoms with Crippen LogP contribution in [0.4, 0.5) is 15.8 Å². The van der Waals surface area contributed by atoms with Crippen molar-refractivity contribution in [3.63, 3.8) is 0 Å². The van der Waals surface area contributed by atoms with Crippen molar-refractivity contribution in [2.75, 3.05) is 25.2 Å². The van der Waals surface area contributed by atoms with Gasteiger partial charge in [0, 0.05) is 14.1 Å². The van der Waals surface area contributed by atoms with Crippen molar-refractivity contribution >= 4 is 45.6 Å². The number of anilines is 1. The first-order chi connectivity index (χ1) is 9.31. The van der Waals surface area contributed by atoms with E-state index in [9.17, 15) is 19.3 Å². The first-order valence-electron chi connectivity index (χ1n) is 5.39. The van der Waals surface area contributed by atoms with Gasteiger partial charge in [0.15, 0.2) is 0 Å². The highest BCUT2D eigenvalue weighted by molar-refractivity contribution is 8.23. The molecule has 0 saturated heterocycles. The number of carbonyl (C=O) groups excluding carboxylic acids is 1. The predicted octanol–water partition coefficient (Wildman–Crippen LogP) is 2.25. The number of benzene rings is 1. The van der Waals surface area contributed by atoms with Crippen LogP contribution in [0.3, 0.4) is 0 Å². The van der Waals surface area contributed by atoms with Crippen LogP contribution in [0.5, 0.6) is 0 Å². The average molecular weight is 317 g/mol. The number of halogens is 1. The molecule has 6 nitrogen and oxygen atoms in total. The lowest BCUT2D eigenvalue weighted by Crippen LogP contribution is -2.21. The van der Waals surface area contributed by atoms with Crippen molar-refractivity contribution in [3.8, 4) is 0 Å².